The molecule has 1 rings (SSSR count). The molecule has 3 nitrogen and oxygen atoms in total. The molecule has 0 radical (unpaired) electrons. The first-order valence-corrected chi connectivity index (χ1v) is 3.79. The third-order valence-corrected chi connectivity index (χ3v) is 2.06. The highest BCUT2D eigenvalue weighted by Crippen LogP contribution is 2.17. The van der Waals surface area contributed by atoms with Crippen LogP contribution in [0.3, 0.4) is 0 Å². The van der Waals surface area contributed by atoms with Gasteiger partial charge in [0.05, 0.1) is 11.7 Å². The van der Waals surface area contributed by atoms with Crippen molar-refractivity contribution in [3.63, 3.8) is 0 Å². The van der Waals surface area contributed by atoms with Gasteiger partial charge in [0.25, 0.3) is 0 Å². The van der Waals surface area contributed by atoms with Gasteiger partial charge in [-0.3, -0.25) is 4.68 Å². The SMILES string of the molecule is C#CC(N)c1c(C)nn(C)c1C. The van der Waals surface area contributed by atoms with Crippen LogP contribution in [0.25, 0.3) is 0 Å². The lowest BCUT2D eigenvalue weighted by Crippen LogP contribution is -2.09. The average molecular weight is 163 g/mol. The molecule has 0 aliphatic carbocycles. The van der Waals surface area contributed by atoms with Gasteiger partial charge in [0.15, 0.2) is 0 Å². The molecule has 1 heterocycles. The van der Waals surface area contributed by atoms with E-state index >= 15 is 0 Å². The van der Waals surface area contributed by atoms with Crippen molar-refractivity contribution < 1.29 is 0 Å². The summed E-state index contributed by atoms with van der Waals surface area (Å²) in [5.74, 6) is 2.50. The molecule has 1 aromatic heterocycles. The maximum Gasteiger partial charge on any atom is 0.0954 e. The summed E-state index contributed by atoms with van der Waals surface area (Å²) < 4.78 is 1.79. The molecule has 0 fully saturated rings. The minimum Gasteiger partial charge on any atom is -0.314 e. The minimum atomic E-state index is -0.335. The summed E-state index contributed by atoms with van der Waals surface area (Å²) in [5.41, 5.74) is 8.65. The Morgan fingerprint density at radius 1 is 1.58 bits per heavy atom. The van der Waals surface area contributed by atoms with E-state index in [-0.39, 0.29) is 6.04 Å². The number of rotatable bonds is 1. The first-order chi connectivity index (χ1) is 5.57. The highest BCUT2D eigenvalue weighted by atomic mass is 15.3. The highest BCUT2D eigenvalue weighted by molar-refractivity contribution is 5.32. The van der Waals surface area contributed by atoms with E-state index in [9.17, 15) is 0 Å². The molecule has 0 aromatic carbocycles. The Hall–Kier alpha value is -1.27. The van der Waals surface area contributed by atoms with Gasteiger partial charge in [0, 0.05) is 18.3 Å². The molecule has 0 aliphatic heterocycles. The lowest BCUT2D eigenvalue weighted by atomic mass is 10.1. The second-order valence-electron chi connectivity index (χ2n) is 2.85. The molecule has 0 saturated heterocycles. The first kappa shape index (κ1) is 8.82. The van der Waals surface area contributed by atoms with Gasteiger partial charge in [-0.05, 0) is 13.8 Å². The highest BCUT2D eigenvalue weighted by Gasteiger charge is 2.13. The van der Waals surface area contributed by atoms with Crippen LogP contribution >= 0.6 is 0 Å². The number of hydrogen-bond acceptors (Lipinski definition) is 2. The van der Waals surface area contributed by atoms with Gasteiger partial charge in [-0.25, -0.2) is 0 Å². The number of hydrogen-bond donors (Lipinski definition) is 1. The van der Waals surface area contributed by atoms with E-state index in [0.717, 1.165) is 17.0 Å². The second kappa shape index (κ2) is 3.00. The van der Waals surface area contributed by atoms with Crippen molar-refractivity contribution in [2.24, 2.45) is 12.8 Å². The fourth-order valence-corrected chi connectivity index (χ4v) is 1.32. The lowest BCUT2D eigenvalue weighted by molar-refractivity contribution is 0.729. The third kappa shape index (κ3) is 1.21. The second-order valence-corrected chi connectivity index (χ2v) is 2.85. The Balaban J connectivity index is 3.24. The molecular weight excluding hydrogens is 150 g/mol. The molecule has 0 saturated carbocycles. The van der Waals surface area contributed by atoms with E-state index in [0.29, 0.717) is 0 Å². The zero-order chi connectivity index (χ0) is 9.30. The summed E-state index contributed by atoms with van der Waals surface area (Å²) in [6.45, 7) is 3.88. The van der Waals surface area contributed by atoms with Crippen LogP contribution in [0.4, 0.5) is 0 Å². The molecule has 0 spiro atoms. The van der Waals surface area contributed by atoms with Gasteiger partial charge in [-0.1, -0.05) is 5.92 Å². The van der Waals surface area contributed by atoms with Crippen molar-refractivity contribution in [1.29, 1.82) is 0 Å². The molecule has 0 aliphatic rings. The molecule has 0 bridgehead atoms. The van der Waals surface area contributed by atoms with Crippen LogP contribution in [0.1, 0.15) is 23.0 Å². The van der Waals surface area contributed by atoms with Gasteiger partial charge < -0.3 is 5.73 Å². The molecule has 3 heteroatoms. The van der Waals surface area contributed by atoms with E-state index in [4.69, 9.17) is 12.2 Å². The van der Waals surface area contributed by atoms with Crippen LogP contribution in [0.2, 0.25) is 0 Å². The van der Waals surface area contributed by atoms with Gasteiger partial charge in [-0.15, -0.1) is 6.42 Å². The predicted molar refractivity (Wildman–Crippen MR) is 48.4 cm³/mol. The Labute approximate surface area is 72.6 Å². The molecule has 0 amide bonds. The smallest absolute Gasteiger partial charge is 0.0954 e. The van der Waals surface area contributed by atoms with Crippen LogP contribution in [0, 0.1) is 26.2 Å². The van der Waals surface area contributed by atoms with Crippen LogP contribution in [-0.2, 0) is 7.05 Å². The zero-order valence-corrected chi connectivity index (χ0v) is 7.63. The largest absolute Gasteiger partial charge is 0.314 e. The minimum absolute atomic E-state index is 0.335. The van der Waals surface area contributed by atoms with Crippen molar-refractivity contribution in [2.75, 3.05) is 0 Å². The molecule has 64 valence electrons. The third-order valence-electron chi connectivity index (χ3n) is 2.06. The van der Waals surface area contributed by atoms with E-state index in [2.05, 4.69) is 11.0 Å². The van der Waals surface area contributed by atoms with E-state index in [1.807, 2.05) is 20.9 Å². The van der Waals surface area contributed by atoms with Crippen molar-refractivity contribution >= 4 is 0 Å². The topological polar surface area (TPSA) is 43.8 Å². The molecule has 12 heavy (non-hydrogen) atoms. The van der Waals surface area contributed by atoms with Crippen LogP contribution < -0.4 is 5.73 Å². The predicted octanol–water partition coefficient (Wildman–Crippen LogP) is 0.670. The Bertz CT molecular complexity index is 330. The van der Waals surface area contributed by atoms with Crippen molar-refractivity contribution in [3.8, 4) is 12.3 Å². The molecule has 1 aromatic rings. The van der Waals surface area contributed by atoms with Crippen LogP contribution in [-0.4, -0.2) is 9.78 Å². The standard InChI is InChI=1S/C9H13N3/c1-5-8(10)9-6(2)11-12(4)7(9)3/h1,8H,10H2,2-4H3. The molecule has 1 unspecified atom stereocenters. The summed E-state index contributed by atoms with van der Waals surface area (Å²) in [5, 5.41) is 4.22. The average Bonchev–Trinajstić information content (AvgIpc) is 2.26. The van der Waals surface area contributed by atoms with Crippen LogP contribution in [0.5, 0.6) is 0 Å². The van der Waals surface area contributed by atoms with Crippen molar-refractivity contribution in [3.05, 3.63) is 17.0 Å². The van der Waals surface area contributed by atoms with Gasteiger partial charge in [-0.2, -0.15) is 5.10 Å². The maximum absolute atomic E-state index is 5.72. The quantitative estimate of drug-likeness (QED) is 0.618. The van der Waals surface area contributed by atoms with Gasteiger partial charge in [0.1, 0.15) is 0 Å². The molecule has 2 N–H and O–H groups in total. The monoisotopic (exact) mass is 163 g/mol. The van der Waals surface area contributed by atoms with Crippen molar-refractivity contribution in [2.45, 2.75) is 19.9 Å². The number of terminal acetylenes is 1. The van der Waals surface area contributed by atoms with E-state index in [1.165, 1.54) is 0 Å². The van der Waals surface area contributed by atoms with Crippen molar-refractivity contribution in [1.82, 2.24) is 9.78 Å². The van der Waals surface area contributed by atoms with Gasteiger partial charge >= 0.3 is 0 Å². The summed E-state index contributed by atoms with van der Waals surface area (Å²) in [4.78, 5) is 0. The fraction of sp³-hybridized carbons (Fsp3) is 0.444. The summed E-state index contributed by atoms with van der Waals surface area (Å²) in [6, 6.07) is -0.335. The Morgan fingerprint density at radius 3 is 2.50 bits per heavy atom. The summed E-state index contributed by atoms with van der Waals surface area (Å²) >= 11 is 0. The number of aryl methyl sites for hydroxylation is 2. The molecular formula is C9H13N3. The normalized spacial score (nSPS) is 12.6. The Kier molecular flexibility index (Phi) is 2.20. The lowest BCUT2D eigenvalue weighted by Gasteiger charge is -2.03. The van der Waals surface area contributed by atoms with E-state index in [1.54, 1.807) is 4.68 Å². The number of aromatic nitrogens is 2. The Morgan fingerprint density at radius 2 is 2.17 bits per heavy atom. The number of nitrogens with zero attached hydrogens (tertiary/aromatic N) is 2. The van der Waals surface area contributed by atoms with Crippen LogP contribution in [0.15, 0.2) is 0 Å². The zero-order valence-electron chi connectivity index (χ0n) is 7.63. The van der Waals surface area contributed by atoms with Gasteiger partial charge in [0.2, 0.25) is 0 Å². The van der Waals surface area contributed by atoms with E-state index < -0.39 is 0 Å². The summed E-state index contributed by atoms with van der Waals surface area (Å²) in [7, 11) is 1.88. The summed E-state index contributed by atoms with van der Waals surface area (Å²) in [6.07, 6.45) is 5.24. The first-order valence-electron chi connectivity index (χ1n) is 3.79. The maximum atomic E-state index is 5.72. The fourth-order valence-electron chi connectivity index (χ4n) is 1.32. The number of nitrogens with two attached hydrogens (primary N) is 1. The molecule has 1 atom stereocenters.